The first-order valence-electron chi connectivity index (χ1n) is 10.2. The summed E-state index contributed by atoms with van der Waals surface area (Å²) in [5.41, 5.74) is 1.33. The molecule has 0 aliphatic carbocycles. The fraction of sp³-hybridized carbons (Fsp3) is 0.318. The van der Waals surface area contributed by atoms with Crippen LogP contribution in [0.4, 0.5) is 0 Å². The second-order valence-corrected chi connectivity index (χ2v) is 7.29. The molecule has 0 atom stereocenters. The zero-order chi connectivity index (χ0) is 22.0. The van der Waals surface area contributed by atoms with Crippen LogP contribution >= 0.6 is 0 Å². The van der Waals surface area contributed by atoms with E-state index in [2.05, 4.69) is 19.5 Å². The molecule has 0 aliphatic heterocycles. The monoisotopic (exact) mass is 421 g/mol. The lowest BCUT2D eigenvalue weighted by atomic mass is 10.2. The lowest BCUT2D eigenvalue weighted by molar-refractivity contribution is 0.0496. The minimum Gasteiger partial charge on any atom is -0.462 e. The van der Waals surface area contributed by atoms with Gasteiger partial charge in [0.05, 0.1) is 28.6 Å². The largest absolute Gasteiger partial charge is 0.462 e. The van der Waals surface area contributed by atoms with Crippen molar-refractivity contribution >= 4 is 28.0 Å². The third kappa shape index (κ3) is 3.98. The van der Waals surface area contributed by atoms with E-state index >= 15 is 0 Å². The van der Waals surface area contributed by atoms with Crippen LogP contribution < -0.4 is 11.2 Å². The summed E-state index contributed by atoms with van der Waals surface area (Å²) in [7, 11) is 0. The van der Waals surface area contributed by atoms with Crippen molar-refractivity contribution in [3.63, 3.8) is 0 Å². The van der Waals surface area contributed by atoms with Crippen molar-refractivity contribution in [2.75, 3.05) is 6.61 Å². The van der Waals surface area contributed by atoms with Crippen LogP contribution in [0.1, 0.15) is 35.9 Å². The molecule has 0 saturated heterocycles. The van der Waals surface area contributed by atoms with Crippen LogP contribution in [-0.4, -0.2) is 36.7 Å². The van der Waals surface area contributed by atoms with Crippen LogP contribution in [0.3, 0.4) is 0 Å². The maximum Gasteiger partial charge on any atom is 0.339 e. The molecule has 31 heavy (non-hydrogen) atoms. The number of nitrogens with zero attached hydrogens (tertiary/aromatic N) is 4. The topological polar surface area (TPSA) is 112 Å². The smallest absolute Gasteiger partial charge is 0.339 e. The van der Waals surface area contributed by atoms with Crippen LogP contribution in [0.2, 0.25) is 0 Å². The summed E-state index contributed by atoms with van der Waals surface area (Å²) in [4.78, 5) is 47.6. The molecule has 9 heteroatoms. The van der Waals surface area contributed by atoms with E-state index in [0.29, 0.717) is 25.9 Å². The van der Waals surface area contributed by atoms with E-state index < -0.39 is 17.2 Å². The number of hydrogen-bond acceptors (Lipinski definition) is 6. The highest BCUT2D eigenvalue weighted by Gasteiger charge is 2.14. The zero-order valence-electron chi connectivity index (χ0n) is 17.4. The van der Waals surface area contributed by atoms with Crippen molar-refractivity contribution < 1.29 is 9.53 Å². The number of aromatic nitrogens is 5. The molecule has 0 saturated carbocycles. The van der Waals surface area contributed by atoms with Gasteiger partial charge in [0.15, 0.2) is 0 Å². The van der Waals surface area contributed by atoms with Gasteiger partial charge in [-0.25, -0.2) is 19.6 Å². The Morgan fingerprint density at radius 3 is 2.77 bits per heavy atom. The number of pyridine rings is 1. The number of hydrogen-bond donors (Lipinski definition) is 1. The Balaban J connectivity index is 1.45. The van der Waals surface area contributed by atoms with Crippen molar-refractivity contribution in [2.45, 2.75) is 39.8 Å². The first-order chi connectivity index (χ1) is 15.0. The van der Waals surface area contributed by atoms with Gasteiger partial charge in [-0.1, -0.05) is 19.1 Å². The van der Waals surface area contributed by atoms with E-state index in [1.807, 2.05) is 38.1 Å². The van der Waals surface area contributed by atoms with Crippen LogP contribution in [0.25, 0.3) is 22.1 Å². The standard InChI is InChI=1S/C22H23N5O4/c1-3-9-27-19-16(20(28)25-22(27)30)12-15(13-23-19)21(29)31-11-6-10-26-14(2)24-17-7-4-5-8-18(17)26/h4-5,7-8,12-13H,3,6,9-11H2,1-2H3,(H,25,28,30). The molecule has 0 amide bonds. The molecule has 4 rings (SSSR count). The number of carbonyl (C=O) groups excluding carboxylic acids is 1. The Labute approximate surface area is 177 Å². The van der Waals surface area contributed by atoms with Crippen molar-refractivity contribution in [1.29, 1.82) is 0 Å². The van der Waals surface area contributed by atoms with Gasteiger partial charge >= 0.3 is 11.7 Å². The van der Waals surface area contributed by atoms with Crippen LogP contribution in [0, 0.1) is 6.92 Å². The molecule has 1 aromatic carbocycles. The molecule has 0 aliphatic rings. The maximum atomic E-state index is 12.5. The summed E-state index contributed by atoms with van der Waals surface area (Å²) in [6, 6.07) is 9.31. The van der Waals surface area contributed by atoms with Gasteiger partial charge in [-0.05, 0) is 38.0 Å². The molecule has 0 fully saturated rings. The molecule has 3 heterocycles. The van der Waals surface area contributed by atoms with E-state index in [1.54, 1.807) is 0 Å². The molecule has 4 aromatic rings. The number of rotatable bonds is 7. The van der Waals surface area contributed by atoms with Crippen LogP contribution in [0.15, 0.2) is 46.1 Å². The van der Waals surface area contributed by atoms with Crippen LogP contribution in [-0.2, 0) is 17.8 Å². The summed E-state index contributed by atoms with van der Waals surface area (Å²) in [5.74, 6) is 0.345. The number of benzene rings is 1. The van der Waals surface area contributed by atoms with Crippen molar-refractivity contribution in [2.24, 2.45) is 0 Å². The highest BCUT2D eigenvalue weighted by Crippen LogP contribution is 2.16. The number of nitrogens with one attached hydrogen (secondary N) is 1. The molecule has 160 valence electrons. The molecule has 0 unspecified atom stereocenters. The molecule has 3 aromatic heterocycles. The lowest BCUT2D eigenvalue weighted by Crippen LogP contribution is -2.31. The molecule has 0 spiro atoms. The second-order valence-electron chi connectivity index (χ2n) is 7.29. The number of aryl methyl sites for hydroxylation is 3. The maximum absolute atomic E-state index is 12.5. The van der Waals surface area contributed by atoms with Crippen molar-refractivity contribution in [3.8, 4) is 0 Å². The predicted molar refractivity (Wildman–Crippen MR) is 116 cm³/mol. The number of para-hydroxylation sites is 2. The number of H-pyrrole nitrogens is 1. The van der Waals surface area contributed by atoms with E-state index in [1.165, 1.54) is 16.8 Å². The van der Waals surface area contributed by atoms with Gasteiger partial charge in [0.2, 0.25) is 0 Å². The Kier molecular flexibility index (Phi) is 5.66. The molecule has 0 radical (unpaired) electrons. The van der Waals surface area contributed by atoms with Gasteiger partial charge in [0.1, 0.15) is 11.5 Å². The molecule has 1 N–H and O–H groups in total. The molecular formula is C22H23N5O4. The highest BCUT2D eigenvalue weighted by molar-refractivity contribution is 5.92. The first kappa shape index (κ1) is 20.5. The highest BCUT2D eigenvalue weighted by atomic mass is 16.5. The molecular weight excluding hydrogens is 398 g/mol. The second kappa shape index (κ2) is 8.55. The normalized spacial score (nSPS) is 11.3. The number of ether oxygens (including phenoxy) is 1. The molecule has 9 nitrogen and oxygen atoms in total. The van der Waals surface area contributed by atoms with E-state index in [0.717, 1.165) is 16.9 Å². The van der Waals surface area contributed by atoms with E-state index in [9.17, 15) is 14.4 Å². The Hall–Kier alpha value is -3.75. The number of carbonyl (C=O) groups is 1. The van der Waals surface area contributed by atoms with Gasteiger partial charge in [-0.15, -0.1) is 0 Å². The predicted octanol–water partition coefficient (Wildman–Crippen LogP) is 2.40. The molecule has 0 bridgehead atoms. The average molecular weight is 421 g/mol. The van der Waals surface area contributed by atoms with Gasteiger partial charge in [-0.2, -0.15) is 0 Å². The average Bonchev–Trinajstić information content (AvgIpc) is 3.08. The summed E-state index contributed by atoms with van der Waals surface area (Å²) < 4.78 is 8.86. The number of fused-ring (bicyclic) bond motifs is 2. The van der Waals surface area contributed by atoms with E-state index in [-0.39, 0.29) is 23.2 Å². The summed E-state index contributed by atoms with van der Waals surface area (Å²) in [6.07, 6.45) is 2.66. The summed E-state index contributed by atoms with van der Waals surface area (Å²) in [5, 5.41) is 0.183. The third-order valence-electron chi connectivity index (χ3n) is 5.12. The fourth-order valence-electron chi connectivity index (χ4n) is 3.66. The van der Waals surface area contributed by atoms with Crippen molar-refractivity contribution in [1.82, 2.24) is 24.1 Å². The SMILES string of the molecule is CCCn1c(=O)[nH]c(=O)c2cc(C(=O)OCCCn3c(C)nc4ccccc43)cnc21. The quantitative estimate of drug-likeness (QED) is 0.362. The Bertz CT molecular complexity index is 1380. The van der Waals surface area contributed by atoms with Gasteiger partial charge in [0, 0.05) is 19.3 Å². The zero-order valence-corrected chi connectivity index (χ0v) is 17.4. The number of imidazole rings is 1. The number of aromatic amines is 1. The first-order valence-corrected chi connectivity index (χ1v) is 10.2. The Morgan fingerprint density at radius 2 is 1.97 bits per heavy atom. The minimum atomic E-state index is -0.572. The number of esters is 1. The van der Waals surface area contributed by atoms with Crippen LogP contribution in [0.5, 0.6) is 0 Å². The third-order valence-corrected chi connectivity index (χ3v) is 5.12. The minimum absolute atomic E-state index is 0.170. The Morgan fingerprint density at radius 1 is 1.16 bits per heavy atom. The van der Waals surface area contributed by atoms with E-state index in [4.69, 9.17) is 4.74 Å². The summed E-state index contributed by atoms with van der Waals surface area (Å²) in [6.45, 7) is 5.17. The van der Waals surface area contributed by atoms with Crippen molar-refractivity contribution in [3.05, 3.63) is 68.8 Å². The van der Waals surface area contributed by atoms with Gasteiger partial charge < -0.3 is 9.30 Å². The lowest BCUT2D eigenvalue weighted by Gasteiger charge is -2.09. The summed E-state index contributed by atoms with van der Waals surface area (Å²) >= 11 is 0. The van der Waals surface area contributed by atoms with Gasteiger partial charge in [-0.3, -0.25) is 14.3 Å². The fourth-order valence-corrected chi connectivity index (χ4v) is 3.66. The van der Waals surface area contributed by atoms with Gasteiger partial charge in [0.25, 0.3) is 5.56 Å².